The van der Waals surface area contributed by atoms with E-state index in [0.717, 1.165) is 32.7 Å². The van der Waals surface area contributed by atoms with Gasteiger partial charge in [-0.05, 0) is 24.7 Å². The Morgan fingerprint density at radius 3 is 1.85 bits per heavy atom. The predicted octanol–water partition coefficient (Wildman–Crippen LogP) is 2.62. The van der Waals surface area contributed by atoms with E-state index in [1.807, 2.05) is 0 Å². The summed E-state index contributed by atoms with van der Waals surface area (Å²) in [5, 5.41) is 3.38. The molecule has 120 valence electrons. The van der Waals surface area contributed by atoms with Crippen molar-refractivity contribution in [3.63, 3.8) is 0 Å². The van der Waals surface area contributed by atoms with Gasteiger partial charge in [0.2, 0.25) is 0 Å². The number of unbranched alkanes of at least 4 members (excludes halogenated alkanes) is 1. The van der Waals surface area contributed by atoms with Gasteiger partial charge in [-0.2, -0.15) is 0 Å². The summed E-state index contributed by atoms with van der Waals surface area (Å²) in [4.78, 5) is 0. The van der Waals surface area contributed by atoms with Crippen LogP contribution >= 0.6 is 0 Å². The SMILES string of the molecule is CCCCOCCOCCOCCC1(CCC)CNC1. The zero-order valence-electron chi connectivity index (χ0n) is 13.4. The van der Waals surface area contributed by atoms with Crippen LogP contribution in [0.15, 0.2) is 0 Å². The third kappa shape index (κ3) is 7.58. The fourth-order valence-corrected chi connectivity index (χ4v) is 2.56. The molecular weight excluding hydrogens is 254 g/mol. The van der Waals surface area contributed by atoms with Crippen LogP contribution in [-0.2, 0) is 14.2 Å². The van der Waals surface area contributed by atoms with Crippen molar-refractivity contribution in [2.45, 2.75) is 46.0 Å². The van der Waals surface area contributed by atoms with Crippen LogP contribution in [-0.4, -0.2) is 52.7 Å². The third-order valence-corrected chi connectivity index (χ3v) is 3.94. The maximum absolute atomic E-state index is 5.66. The van der Waals surface area contributed by atoms with Gasteiger partial charge in [0.1, 0.15) is 0 Å². The lowest BCUT2D eigenvalue weighted by atomic mass is 9.75. The van der Waals surface area contributed by atoms with Crippen LogP contribution in [0.1, 0.15) is 46.0 Å². The minimum Gasteiger partial charge on any atom is -0.379 e. The van der Waals surface area contributed by atoms with Gasteiger partial charge >= 0.3 is 0 Å². The zero-order chi connectivity index (χ0) is 14.5. The van der Waals surface area contributed by atoms with E-state index >= 15 is 0 Å². The molecule has 0 aromatic heterocycles. The first kappa shape index (κ1) is 17.9. The summed E-state index contributed by atoms with van der Waals surface area (Å²) in [6.07, 6.45) is 6.08. The topological polar surface area (TPSA) is 39.7 Å². The van der Waals surface area contributed by atoms with Crippen molar-refractivity contribution in [2.24, 2.45) is 5.41 Å². The third-order valence-electron chi connectivity index (χ3n) is 3.94. The molecular formula is C16H33NO3. The summed E-state index contributed by atoms with van der Waals surface area (Å²) in [6.45, 7) is 11.2. The highest BCUT2D eigenvalue weighted by Crippen LogP contribution is 2.32. The molecule has 0 atom stereocenters. The number of hydrogen-bond donors (Lipinski definition) is 1. The second-order valence-corrected chi connectivity index (χ2v) is 5.79. The van der Waals surface area contributed by atoms with E-state index in [1.54, 1.807) is 0 Å². The first-order valence-electron chi connectivity index (χ1n) is 8.27. The van der Waals surface area contributed by atoms with Crippen LogP contribution in [0.2, 0.25) is 0 Å². The van der Waals surface area contributed by atoms with Crippen LogP contribution in [0.3, 0.4) is 0 Å². The zero-order valence-corrected chi connectivity index (χ0v) is 13.4. The van der Waals surface area contributed by atoms with Crippen molar-refractivity contribution >= 4 is 0 Å². The van der Waals surface area contributed by atoms with Crippen LogP contribution in [0.4, 0.5) is 0 Å². The molecule has 0 aliphatic carbocycles. The quantitative estimate of drug-likeness (QED) is 0.499. The monoisotopic (exact) mass is 287 g/mol. The van der Waals surface area contributed by atoms with Gasteiger partial charge in [0.25, 0.3) is 0 Å². The fraction of sp³-hybridized carbons (Fsp3) is 1.00. The molecule has 0 spiro atoms. The molecule has 0 aromatic carbocycles. The van der Waals surface area contributed by atoms with E-state index in [4.69, 9.17) is 14.2 Å². The lowest BCUT2D eigenvalue weighted by Crippen LogP contribution is -2.53. The molecule has 0 amide bonds. The van der Waals surface area contributed by atoms with Crippen molar-refractivity contribution in [1.82, 2.24) is 5.32 Å². The second-order valence-electron chi connectivity index (χ2n) is 5.79. The first-order chi connectivity index (χ1) is 9.83. The Balaban J connectivity index is 1.80. The predicted molar refractivity (Wildman–Crippen MR) is 82.2 cm³/mol. The van der Waals surface area contributed by atoms with Crippen LogP contribution < -0.4 is 5.32 Å². The molecule has 1 N–H and O–H groups in total. The molecule has 0 saturated carbocycles. The summed E-state index contributed by atoms with van der Waals surface area (Å²) >= 11 is 0. The Labute approximate surface area is 124 Å². The van der Waals surface area contributed by atoms with E-state index < -0.39 is 0 Å². The number of ether oxygens (including phenoxy) is 3. The second kappa shape index (κ2) is 11.5. The van der Waals surface area contributed by atoms with E-state index in [0.29, 0.717) is 31.8 Å². The summed E-state index contributed by atoms with van der Waals surface area (Å²) < 4.78 is 16.6. The molecule has 1 rings (SSSR count). The van der Waals surface area contributed by atoms with E-state index in [-0.39, 0.29) is 0 Å². The molecule has 20 heavy (non-hydrogen) atoms. The summed E-state index contributed by atoms with van der Waals surface area (Å²) in [5.74, 6) is 0. The minimum absolute atomic E-state index is 0.517. The fourth-order valence-electron chi connectivity index (χ4n) is 2.56. The molecule has 0 aromatic rings. The number of rotatable bonds is 14. The Hall–Kier alpha value is -0.160. The lowest BCUT2D eigenvalue weighted by Gasteiger charge is -2.43. The number of hydrogen-bond acceptors (Lipinski definition) is 4. The molecule has 1 aliphatic rings. The Morgan fingerprint density at radius 1 is 0.750 bits per heavy atom. The van der Waals surface area contributed by atoms with Gasteiger partial charge in [-0.1, -0.05) is 26.7 Å². The molecule has 0 radical (unpaired) electrons. The molecule has 0 bridgehead atoms. The molecule has 1 fully saturated rings. The van der Waals surface area contributed by atoms with Gasteiger partial charge in [-0.15, -0.1) is 0 Å². The van der Waals surface area contributed by atoms with Crippen molar-refractivity contribution in [1.29, 1.82) is 0 Å². The normalized spacial score (nSPS) is 17.1. The van der Waals surface area contributed by atoms with Gasteiger partial charge in [-0.3, -0.25) is 0 Å². The molecule has 4 nitrogen and oxygen atoms in total. The Bertz CT molecular complexity index is 220. The number of nitrogens with one attached hydrogen (secondary N) is 1. The average molecular weight is 287 g/mol. The molecule has 4 heteroatoms. The standard InChI is InChI=1S/C16H33NO3/c1-3-5-8-18-10-12-20-13-11-19-9-7-16(6-4-2)14-17-15-16/h17H,3-15H2,1-2H3. The molecule has 1 heterocycles. The molecule has 1 aliphatic heterocycles. The maximum Gasteiger partial charge on any atom is 0.0701 e. The molecule has 0 unspecified atom stereocenters. The lowest BCUT2D eigenvalue weighted by molar-refractivity contribution is 0.00222. The van der Waals surface area contributed by atoms with Gasteiger partial charge in [0.15, 0.2) is 0 Å². The summed E-state index contributed by atoms with van der Waals surface area (Å²) in [5.41, 5.74) is 0.517. The van der Waals surface area contributed by atoms with Crippen molar-refractivity contribution in [3.8, 4) is 0 Å². The van der Waals surface area contributed by atoms with Gasteiger partial charge in [-0.25, -0.2) is 0 Å². The maximum atomic E-state index is 5.66. The highest BCUT2D eigenvalue weighted by Gasteiger charge is 2.35. The van der Waals surface area contributed by atoms with Crippen molar-refractivity contribution in [3.05, 3.63) is 0 Å². The summed E-state index contributed by atoms with van der Waals surface area (Å²) in [6, 6.07) is 0. The minimum atomic E-state index is 0.517. The van der Waals surface area contributed by atoms with Gasteiger partial charge < -0.3 is 19.5 Å². The van der Waals surface area contributed by atoms with E-state index in [1.165, 1.54) is 25.7 Å². The van der Waals surface area contributed by atoms with Crippen molar-refractivity contribution in [2.75, 3.05) is 52.7 Å². The first-order valence-corrected chi connectivity index (χ1v) is 8.27. The molecule has 1 saturated heterocycles. The highest BCUT2D eigenvalue weighted by atomic mass is 16.5. The average Bonchev–Trinajstić information content (AvgIpc) is 2.41. The smallest absolute Gasteiger partial charge is 0.0701 e. The van der Waals surface area contributed by atoms with Crippen LogP contribution in [0.25, 0.3) is 0 Å². The summed E-state index contributed by atoms with van der Waals surface area (Å²) in [7, 11) is 0. The van der Waals surface area contributed by atoms with Crippen LogP contribution in [0.5, 0.6) is 0 Å². The van der Waals surface area contributed by atoms with Gasteiger partial charge in [0, 0.05) is 26.3 Å². The van der Waals surface area contributed by atoms with Crippen molar-refractivity contribution < 1.29 is 14.2 Å². The largest absolute Gasteiger partial charge is 0.379 e. The van der Waals surface area contributed by atoms with E-state index in [9.17, 15) is 0 Å². The Morgan fingerprint density at radius 2 is 1.35 bits per heavy atom. The van der Waals surface area contributed by atoms with Crippen LogP contribution in [0, 0.1) is 5.41 Å². The Kier molecular flexibility index (Phi) is 10.3. The van der Waals surface area contributed by atoms with E-state index in [2.05, 4.69) is 19.2 Å². The van der Waals surface area contributed by atoms with Gasteiger partial charge in [0.05, 0.1) is 26.4 Å². The highest BCUT2D eigenvalue weighted by molar-refractivity contribution is 4.91.